The molecule has 0 aliphatic heterocycles. The fraction of sp³-hybridized carbons (Fsp3) is 1.00. The Morgan fingerprint density at radius 2 is 1.87 bits per heavy atom. The normalized spacial score (nSPS) is 27.2. The van der Waals surface area contributed by atoms with Crippen molar-refractivity contribution in [2.24, 2.45) is 5.92 Å². The number of nitrogens with one attached hydrogen (secondary N) is 1. The van der Waals surface area contributed by atoms with E-state index in [1.165, 1.54) is 32.1 Å². The Labute approximate surface area is 94.8 Å². The number of hydrogen-bond donors (Lipinski definition) is 1. The maximum atomic E-state index is 5.86. The topological polar surface area (TPSA) is 21.3 Å². The van der Waals surface area contributed by atoms with Gasteiger partial charge in [0.2, 0.25) is 0 Å². The van der Waals surface area contributed by atoms with Crippen LogP contribution in [-0.2, 0) is 4.74 Å². The Hall–Kier alpha value is -0.0800. The summed E-state index contributed by atoms with van der Waals surface area (Å²) in [4.78, 5) is 0. The van der Waals surface area contributed by atoms with E-state index in [1.807, 2.05) is 0 Å². The SMILES string of the molecule is CCC1CCC(OCCNC(C)C)CC1. The lowest BCUT2D eigenvalue weighted by atomic mass is 9.86. The number of ether oxygens (including phenoxy) is 1. The van der Waals surface area contributed by atoms with Gasteiger partial charge in [-0.1, -0.05) is 27.2 Å². The predicted octanol–water partition coefficient (Wildman–Crippen LogP) is 2.97. The molecule has 1 aliphatic carbocycles. The van der Waals surface area contributed by atoms with E-state index >= 15 is 0 Å². The molecule has 0 aromatic rings. The van der Waals surface area contributed by atoms with Crippen LogP contribution in [0.15, 0.2) is 0 Å². The minimum atomic E-state index is 0.543. The van der Waals surface area contributed by atoms with Crippen LogP contribution in [0.1, 0.15) is 52.9 Å². The maximum absolute atomic E-state index is 5.86. The van der Waals surface area contributed by atoms with Gasteiger partial charge in [-0.05, 0) is 31.6 Å². The van der Waals surface area contributed by atoms with Crippen LogP contribution in [0, 0.1) is 5.92 Å². The molecule has 1 aliphatic rings. The average Bonchev–Trinajstić information content (AvgIpc) is 2.25. The standard InChI is InChI=1S/C13H27NO/c1-4-12-5-7-13(8-6-12)15-10-9-14-11(2)3/h11-14H,4-10H2,1-3H3. The second kappa shape index (κ2) is 7.24. The molecule has 0 aromatic heterocycles. The van der Waals surface area contributed by atoms with E-state index in [2.05, 4.69) is 26.1 Å². The molecule has 0 spiro atoms. The first-order valence-corrected chi connectivity index (χ1v) is 6.57. The van der Waals surface area contributed by atoms with Crippen LogP contribution in [0.3, 0.4) is 0 Å². The highest BCUT2D eigenvalue weighted by Crippen LogP contribution is 2.27. The lowest BCUT2D eigenvalue weighted by molar-refractivity contribution is 0.0190. The molecule has 90 valence electrons. The first-order valence-electron chi connectivity index (χ1n) is 6.57. The third-order valence-corrected chi connectivity index (χ3v) is 3.38. The van der Waals surface area contributed by atoms with Crippen molar-refractivity contribution in [1.29, 1.82) is 0 Å². The predicted molar refractivity (Wildman–Crippen MR) is 65.1 cm³/mol. The van der Waals surface area contributed by atoms with Crippen molar-refractivity contribution in [3.63, 3.8) is 0 Å². The molecule has 0 atom stereocenters. The molecule has 1 N–H and O–H groups in total. The molecule has 1 saturated carbocycles. The Bertz CT molecular complexity index is 151. The zero-order chi connectivity index (χ0) is 11.1. The van der Waals surface area contributed by atoms with Crippen LogP contribution >= 0.6 is 0 Å². The molecule has 0 saturated heterocycles. The molecule has 0 amide bonds. The van der Waals surface area contributed by atoms with E-state index in [0.29, 0.717) is 12.1 Å². The fourth-order valence-electron chi connectivity index (χ4n) is 2.28. The highest BCUT2D eigenvalue weighted by Gasteiger charge is 2.19. The van der Waals surface area contributed by atoms with Crippen LogP contribution in [0.2, 0.25) is 0 Å². The number of rotatable bonds is 6. The smallest absolute Gasteiger partial charge is 0.0594 e. The maximum Gasteiger partial charge on any atom is 0.0594 e. The summed E-state index contributed by atoms with van der Waals surface area (Å²) in [5.41, 5.74) is 0. The third-order valence-electron chi connectivity index (χ3n) is 3.38. The van der Waals surface area contributed by atoms with Gasteiger partial charge >= 0.3 is 0 Å². The van der Waals surface area contributed by atoms with Crippen LogP contribution < -0.4 is 5.32 Å². The lowest BCUT2D eigenvalue weighted by Crippen LogP contribution is -2.29. The Morgan fingerprint density at radius 3 is 2.40 bits per heavy atom. The summed E-state index contributed by atoms with van der Waals surface area (Å²) in [6.45, 7) is 8.52. The summed E-state index contributed by atoms with van der Waals surface area (Å²) >= 11 is 0. The summed E-state index contributed by atoms with van der Waals surface area (Å²) in [6.07, 6.45) is 7.20. The van der Waals surface area contributed by atoms with Gasteiger partial charge in [-0.15, -0.1) is 0 Å². The summed E-state index contributed by atoms with van der Waals surface area (Å²) < 4.78 is 5.86. The lowest BCUT2D eigenvalue weighted by Gasteiger charge is -2.27. The molecular weight excluding hydrogens is 186 g/mol. The third kappa shape index (κ3) is 5.53. The van der Waals surface area contributed by atoms with Crippen LogP contribution in [0.25, 0.3) is 0 Å². The average molecular weight is 213 g/mol. The van der Waals surface area contributed by atoms with Gasteiger partial charge in [-0.25, -0.2) is 0 Å². The summed E-state index contributed by atoms with van der Waals surface area (Å²) in [7, 11) is 0. The van der Waals surface area contributed by atoms with Gasteiger partial charge in [0.05, 0.1) is 12.7 Å². The molecule has 0 radical (unpaired) electrons. The molecule has 15 heavy (non-hydrogen) atoms. The van der Waals surface area contributed by atoms with Crippen LogP contribution in [0.5, 0.6) is 0 Å². The monoisotopic (exact) mass is 213 g/mol. The first kappa shape index (κ1) is 13.0. The van der Waals surface area contributed by atoms with Gasteiger partial charge in [0.25, 0.3) is 0 Å². The molecule has 1 fully saturated rings. The number of hydrogen-bond acceptors (Lipinski definition) is 2. The van der Waals surface area contributed by atoms with Crippen LogP contribution in [-0.4, -0.2) is 25.3 Å². The van der Waals surface area contributed by atoms with Crippen molar-refractivity contribution in [3.05, 3.63) is 0 Å². The molecule has 0 aromatic carbocycles. The fourth-order valence-corrected chi connectivity index (χ4v) is 2.28. The van der Waals surface area contributed by atoms with Crippen molar-refractivity contribution < 1.29 is 4.74 Å². The zero-order valence-corrected chi connectivity index (χ0v) is 10.6. The van der Waals surface area contributed by atoms with Gasteiger partial charge in [0.15, 0.2) is 0 Å². The quantitative estimate of drug-likeness (QED) is 0.685. The van der Waals surface area contributed by atoms with Crippen molar-refractivity contribution in [3.8, 4) is 0 Å². The van der Waals surface area contributed by atoms with Crippen molar-refractivity contribution in [2.75, 3.05) is 13.2 Å². The van der Waals surface area contributed by atoms with E-state index in [9.17, 15) is 0 Å². The Kier molecular flexibility index (Phi) is 6.26. The molecule has 1 rings (SSSR count). The molecule has 0 heterocycles. The second-order valence-corrected chi connectivity index (χ2v) is 5.03. The highest BCUT2D eigenvalue weighted by atomic mass is 16.5. The van der Waals surface area contributed by atoms with Crippen molar-refractivity contribution >= 4 is 0 Å². The summed E-state index contributed by atoms with van der Waals surface area (Å²) in [5, 5.41) is 3.38. The van der Waals surface area contributed by atoms with E-state index in [0.717, 1.165) is 19.1 Å². The van der Waals surface area contributed by atoms with E-state index in [1.54, 1.807) is 0 Å². The Morgan fingerprint density at radius 1 is 1.20 bits per heavy atom. The molecule has 2 heteroatoms. The van der Waals surface area contributed by atoms with Crippen molar-refractivity contribution in [2.45, 2.75) is 65.0 Å². The van der Waals surface area contributed by atoms with E-state index in [-0.39, 0.29) is 0 Å². The van der Waals surface area contributed by atoms with E-state index in [4.69, 9.17) is 4.74 Å². The summed E-state index contributed by atoms with van der Waals surface area (Å²) in [5.74, 6) is 0.971. The highest BCUT2D eigenvalue weighted by molar-refractivity contribution is 4.72. The van der Waals surface area contributed by atoms with Crippen molar-refractivity contribution in [1.82, 2.24) is 5.32 Å². The Balaban J connectivity index is 1.99. The molecule has 0 bridgehead atoms. The molecule has 2 nitrogen and oxygen atoms in total. The van der Waals surface area contributed by atoms with Gasteiger partial charge in [-0.3, -0.25) is 0 Å². The van der Waals surface area contributed by atoms with Gasteiger partial charge in [-0.2, -0.15) is 0 Å². The van der Waals surface area contributed by atoms with Crippen LogP contribution in [0.4, 0.5) is 0 Å². The largest absolute Gasteiger partial charge is 0.377 e. The zero-order valence-electron chi connectivity index (χ0n) is 10.6. The summed E-state index contributed by atoms with van der Waals surface area (Å²) in [6, 6.07) is 0.574. The van der Waals surface area contributed by atoms with Gasteiger partial charge in [0, 0.05) is 12.6 Å². The first-order chi connectivity index (χ1) is 7.22. The van der Waals surface area contributed by atoms with E-state index < -0.39 is 0 Å². The molecular formula is C13H27NO. The minimum absolute atomic E-state index is 0.543. The minimum Gasteiger partial charge on any atom is -0.377 e. The second-order valence-electron chi connectivity index (χ2n) is 5.03. The van der Waals surface area contributed by atoms with Gasteiger partial charge < -0.3 is 10.1 Å². The molecule has 0 unspecified atom stereocenters. The van der Waals surface area contributed by atoms with Gasteiger partial charge in [0.1, 0.15) is 0 Å².